The number of furan rings is 1. The third kappa shape index (κ3) is 4.30. The molecule has 1 aliphatic heterocycles. The number of morpholine rings is 1. The third-order valence-electron chi connectivity index (χ3n) is 6.06. The van der Waals surface area contributed by atoms with E-state index < -0.39 is 0 Å². The van der Waals surface area contributed by atoms with Crippen LogP contribution in [0.1, 0.15) is 37.5 Å². The van der Waals surface area contributed by atoms with Gasteiger partial charge in [0.15, 0.2) is 0 Å². The normalized spacial score (nSPS) is 19.4. The molecule has 1 aliphatic rings. The van der Waals surface area contributed by atoms with Crippen molar-refractivity contribution < 1.29 is 18.7 Å². The smallest absolute Gasteiger partial charge is 0.247 e. The van der Waals surface area contributed by atoms with E-state index in [1.807, 2.05) is 31.7 Å². The van der Waals surface area contributed by atoms with Crippen LogP contribution in [0.25, 0.3) is 27.7 Å². The van der Waals surface area contributed by atoms with Crippen LogP contribution in [0.3, 0.4) is 0 Å². The van der Waals surface area contributed by atoms with Crippen LogP contribution in [-0.4, -0.2) is 43.2 Å². The molecule has 4 rings (SSSR count). The number of ether oxygens (including phenoxy) is 2. The summed E-state index contributed by atoms with van der Waals surface area (Å²) in [5.74, 6) is 0.678. The third-order valence-corrected chi connectivity index (χ3v) is 6.06. The highest BCUT2D eigenvalue weighted by Crippen LogP contribution is 2.38. The number of rotatable bonds is 4. The van der Waals surface area contributed by atoms with Crippen molar-refractivity contribution in [2.75, 3.05) is 20.2 Å². The standard InChI is InChI=1S/C27H31NO4/c1-16-7-8-21(17(2)9-16)24-15-31-26-12-25(30-6)22(11-23(24)26)18(3)10-27(29)28-13-19(4)32-20(5)14-28/h7-12,15,19-20H,13-14H2,1-6H3/b18-10+. The van der Waals surface area contributed by atoms with Crippen molar-refractivity contribution in [3.05, 3.63) is 59.4 Å². The van der Waals surface area contributed by atoms with Crippen molar-refractivity contribution in [1.29, 1.82) is 0 Å². The Labute approximate surface area is 189 Å². The number of carbonyl (C=O) groups excluding carboxylic acids is 1. The van der Waals surface area contributed by atoms with E-state index in [-0.39, 0.29) is 18.1 Å². The number of carbonyl (C=O) groups is 1. The maximum Gasteiger partial charge on any atom is 0.247 e. The molecule has 5 nitrogen and oxygen atoms in total. The highest BCUT2D eigenvalue weighted by molar-refractivity contribution is 6.00. The molecule has 1 aromatic heterocycles. The molecule has 0 saturated carbocycles. The molecule has 32 heavy (non-hydrogen) atoms. The van der Waals surface area contributed by atoms with E-state index >= 15 is 0 Å². The average Bonchev–Trinajstić information content (AvgIpc) is 3.14. The zero-order chi connectivity index (χ0) is 23.0. The summed E-state index contributed by atoms with van der Waals surface area (Å²) in [6.07, 6.45) is 3.57. The topological polar surface area (TPSA) is 51.9 Å². The molecule has 0 N–H and O–H groups in total. The summed E-state index contributed by atoms with van der Waals surface area (Å²) in [4.78, 5) is 14.8. The van der Waals surface area contributed by atoms with Crippen LogP contribution in [0.2, 0.25) is 0 Å². The Hall–Kier alpha value is -3.05. The van der Waals surface area contributed by atoms with Gasteiger partial charge in [0.1, 0.15) is 11.3 Å². The van der Waals surface area contributed by atoms with E-state index in [2.05, 4.69) is 38.1 Å². The first-order chi connectivity index (χ1) is 15.3. The van der Waals surface area contributed by atoms with Crippen molar-refractivity contribution in [2.45, 2.75) is 46.8 Å². The van der Waals surface area contributed by atoms with Gasteiger partial charge in [-0.25, -0.2) is 0 Å². The number of methoxy groups -OCH3 is 1. The molecular formula is C27H31NO4. The van der Waals surface area contributed by atoms with Crippen LogP contribution >= 0.6 is 0 Å². The summed E-state index contributed by atoms with van der Waals surface area (Å²) in [5.41, 5.74) is 7.10. The Balaban J connectivity index is 1.74. The van der Waals surface area contributed by atoms with Crippen LogP contribution in [0, 0.1) is 13.8 Å². The Bertz CT molecular complexity index is 1180. The predicted molar refractivity (Wildman–Crippen MR) is 128 cm³/mol. The SMILES string of the molecule is COc1cc2occ(-c3ccc(C)cc3C)c2cc1/C(C)=C/C(=O)N1CC(C)OC(C)C1. The number of benzene rings is 2. The van der Waals surface area contributed by atoms with E-state index in [4.69, 9.17) is 13.9 Å². The lowest BCUT2D eigenvalue weighted by Gasteiger charge is -2.34. The maximum atomic E-state index is 13.0. The number of hydrogen-bond acceptors (Lipinski definition) is 4. The highest BCUT2D eigenvalue weighted by Gasteiger charge is 2.25. The number of amides is 1. The van der Waals surface area contributed by atoms with Crippen molar-refractivity contribution in [1.82, 2.24) is 4.90 Å². The van der Waals surface area contributed by atoms with Crippen molar-refractivity contribution in [3.63, 3.8) is 0 Å². The Morgan fingerprint density at radius 3 is 2.47 bits per heavy atom. The van der Waals surface area contributed by atoms with Crippen LogP contribution < -0.4 is 4.74 Å². The van der Waals surface area contributed by atoms with E-state index in [9.17, 15) is 4.79 Å². The van der Waals surface area contributed by atoms with Gasteiger partial charge < -0.3 is 18.8 Å². The summed E-state index contributed by atoms with van der Waals surface area (Å²) in [7, 11) is 1.64. The molecule has 168 valence electrons. The molecule has 2 unspecified atom stereocenters. The zero-order valence-electron chi connectivity index (χ0n) is 19.7. The van der Waals surface area contributed by atoms with Gasteiger partial charge in [-0.15, -0.1) is 0 Å². The van der Waals surface area contributed by atoms with Gasteiger partial charge in [0.05, 0.1) is 25.6 Å². The summed E-state index contributed by atoms with van der Waals surface area (Å²) >= 11 is 0. The quantitative estimate of drug-likeness (QED) is 0.491. The number of hydrogen-bond donors (Lipinski definition) is 0. The van der Waals surface area contributed by atoms with Crippen molar-refractivity contribution in [3.8, 4) is 16.9 Å². The minimum atomic E-state index is -0.00607. The summed E-state index contributed by atoms with van der Waals surface area (Å²) < 4.78 is 17.3. The first kappa shape index (κ1) is 22.2. The first-order valence-electron chi connectivity index (χ1n) is 11.1. The average molecular weight is 434 g/mol. The molecule has 0 aliphatic carbocycles. The summed E-state index contributed by atoms with van der Waals surface area (Å²) in [6.45, 7) is 11.3. The summed E-state index contributed by atoms with van der Waals surface area (Å²) in [6, 6.07) is 10.4. The van der Waals surface area contributed by atoms with Crippen LogP contribution in [0.5, 0.6) is 5.75 Å². The van der Waals surface area contributed by atoms with Gasteiger partial charge in [-0.1, -0.05) is 23.8 Å². The maximum absolute atomic E-state index is 13.0. The highest BCUT2D eigenvalue weighted by atomic mass is 16.5. The largest absolute Gasteiger partial charge is 0.496 e. The fraction of sp³-hybridized carbons (Fsp3) is 0.370. The molecule has 5 heteroatoms. The molecule has 3 aromatic rings. The molecule has 2 heterocycles. The molecule has 2 atom stereocenters. The molecule has 0 radical (unpaired) electrons. The Morgan fingerprint density at radius 2 is 1.81 bits per heavy atom. The van der Waals surface area contributed by atoms with Gasteiger partial charge in [0.25, 0.3) is 0 Å². The minimum Gasteiger partial charge on any atom is -0.496 e. The van der Waals surface area contributed by atoms with E-state index in [0.29, 0.717) is 18.8 Å². The zero-order valence-corrected chi connectivity index (χ0v) is 19.7. The second kappa shape index (κ2) is 8.83. The van der Waals surface area contributed by atoms with Gasteiger partial charge in [-0.3, -0.25) is 4.79 Å². The molecule has 1 saturated heterocycles. The molecule has 1 amide bonds. The van der Waals surface area contributed by atoms with Crippen molar-refractivity contribution >= 4 is 22.4 Å². The number of nitrogens with zero attached hydrogens (tertiary/aromatic N) is 1. The van der Waals surface area contributed by atoms with Gasteiger partial charge in [-0.05, 0) is 57.4 Å². The van der Waals surface area contributed by atoms with Gasteiger partial charge in [-0.2, -0.15) is 0 Å². The molecule has 0 bridgehead atoms. The Kier molecular flexibility index (Phi) is 6.11. The van der Waals surface area contributed by atoms with E-state index in [0.717, 1.165) is 33.2 Å². The molecule has 0 spiro atoms. The van der Waals surface area contributed by atoms with Gasteiger partial charge in [0, 0.05) is 41.7 Å². The minimum absolute atomic E-state index is 0.00607. The Morgan fingerprint density at radius 1 is 1.09 bits per heavy atom. The lowest BCUT2D eigenvalue weighted by atomic mass is 9.96. The van der Waals surface area contributed by atoms with Gasteiger partial charge >= 0.3 is 0 Å². The van der Waals surface area contributed by atoms with E-state index in [1.165, 1.54) is 11.1 Å². The summed E-state index contributed by atoms with van der Waals surface area (Å²) in [5, 5.41) is 1.00. The fourth-order valence-corrected chi connectivity index (χ4v) is 4.57. The molecule has 2 aromatic carbocycles. The lowest BCUT2D eigenvalue weighted by Crippen LogP contribution is -2.47. The van der Waals surface area contributed by atoms with E-state index in [1.54, 1.807) is 19.4 Å². The second-order valence-electron chi connectivity index (χ2n) is 8.84. The van der Waals surface area contributed by atoms with Crippen LogP contribution in [0.4, 0.5) is 0 Å². The first-order valence-corrected chi connectivity index (χ1v) is 11.1. The predicted octanol–water partition coefficient (Wildman–Crippen LogP) is 5.76. The second-order valence-corrected chi connectivity index (χ2v) is 8.84. The van der Waals surface area contributed by atoms with Crippen LogP contribution in [-0.2, 0) is 9.53 Å². The fourth-order valence-electron chi connectivity index (χ4n) is 4.57. The monoisotopic (exact) mass is 433 g/mol. The number of aryl methyl sites for hydroxylation is 2. The number of fused-ring (bicyclic) bond motifs is 1. The molecule has 1 fully saturated rings. The lowest BCUT2D eigenvalue weighted by molar-refractivity contribution is -0.137. The van der Waals surface area contributed by atoms with Gasteiger partial charge in [0.2, 0.25) is 5.91 Å². The van der Waals surface area contributed by atoms with Crippen LogP contribution in [0.15, 0.2) is 47.1 Å². The number of allylic oxidation sites excluding steroid dienone is 1. The molecular weight excluding hydrogens is 402 g/mol. The van der Waals surface area contributed by atoms with Crippen molar-refractivity contribution in [2.24, 2.45) is 0 Å².